The van der Waals surface area contributed by atoms with Crippen LogP contribution in [0.1, 0.15) is 32.1 Å². The van der Waals surface area contributed by atoms with Crippen molar-refractivity contribution in [3.63, 3.8) is 0 Å². The molecule has 3 rings (SSSR count). The summed E-state index contributed by atoms with van der Waals surface area (Å²) in [6.45, 7) is 7.95. The first-order chi connectivity index (χ1) is 9.07. The third-order valence-corrected chi connectivity index (χ3v) is 7.10. The molecule has 2 heterocycles. The first kappa shape index (κ1) is 13.3. The molecular weight excluding hydrogens is 290 g/mol. The van der Waals surface area contributed by atoms with Crippen LogP contribution in [-0.4, -0.2) is 6.54 Å². The monoisotopic (exact) mass is 307 g/mol. The van der Waals surface area contributed by atoms with Crippen LogP contribution in [0.4, 0.5) is 5.69 Å². The van der Waals surface area contributed by atoms with Crippen molar-refractivity contribution in [3.8, 4) is 11.1 Å². The standard InChI is InChI=1S/C15H17NS3/c1-4-9-16-11-8-6-5-7-10(11)12-13(15(16,2)3)18-19-14(12)17/h5-8H,4,9H2,1-3H3. The largest absolute Gasteiger partial charge is 0.361 e. The van der Waals surface area contributed by atoms with E-state index in [0.29, 0.717) is 0 Å². The van der Waals surface area contributed by atoms with E-state index in [0.717, 1.165) is 16.8 Å². The van der Waals surface area contributed by atoms with Gasteiger partial charge in [-0.3, -0.25) is 0 Å². The summed E-state index contributed by atoms with van der Waals surface area (Å²) in [5.74, 6) is 0. The van der Waals surface area contributed by atoms with Gasteiger partial charge in [-0.2, -0.15) is 0 Å². The smallest absolute Gasteiger partial charge is 0.110 e. The number of rotatable bonds is 2. The molecule has 0 atom stereocenters. The molecule has 0 unspecified atom stereocenters. The minimum atomic E-state index is 0.0396. The Labute approximate surface area is 126 Å². The van der Waals surface area contributed by atoms with Gasteiger partial charge in [-0.15, -0.1) is 0 Å². The molecule has 0 saturated heterocycles. The van der Waals surface area contributed by atoms with E-state index in [1.807, 2.05) is 10.3 Å². The van der Waals surface area contributed by atoms with E-state index >= 15 is 0 Å². The molecular formula is C15H17NS3. The van der Waals surface area contributed by atoms with Gasteiger partial charge in [0, 0.05) is 23.4 Å². The van der Waals surface area contributed by atoms with Crippen molar-refractivity contribution >= 4 is 38.6 Å². The molecule has 2 aromatic rings. The van der Waals surface area contributed by atoms with E-state index in [9.17, 15) is 0 Å². The summed E-state index contributed by atoms with van der Waals surface area (Å²) < 4.78 is 1.04. The third-order valence-electron chi connectivity index (χ3n) is 3.77. The summed E-state index contributed by atoms with van der Waals surface area (Å²) in [7, 11) is 3.58. The Morgan fingerprint density at radius 2 is 1.95 bits per heavy atom. The number of para-hydroxylation sites is 1. The van der Waals surface area contributed by atoms with Crippen molar-refractivity contribution in [1.82, 2.24) is 0 Å². The zero-order valence-corrected chi connectivity index (χ0v) is 13.8. The second-order valence-electron chi connectivity index (χ2n) is 5.39. The molecule has 1 aliphatic rings. The van der Waals surface area contributed by atoms with Gasteiger partial charge >= 0.3 is 0 Å². The molecule has 1 aromatic heterocycles. The molecule has 0 fully saturated rings. The first-order valence-corrected chi connectivity index (χ1v) is 9.14. The molecule has 1 aromatic carbocycles. The number of anilines is 1. The van der Waals surface area contributed by atoms with Crippen molar-refractivity contribution in [2.24, 2.45) is 0 Å². The maximum Gasteiger partial charge on any atom is 0.110 e. The van der Waals surface area contributed by atoms with Gasteiger partial charge in [0.05, 0.1) is 10.4 Å². The molecule has 4 heteroatoms. The van der Waals surface area contributed by atoms with Gasteiger partial charge in [0.2, 0.25) is 0 Å². The Morgan fingerprint density at radius 1 is 1.21 bits per heavy atom. The predicted molar refractivity (Wildman–Crippen MR) is 89.1 cm³/mol. The Hall–Kier alpha value is -0.710. The van der Waals surface area contributed by atoms with Crippen LogP contribution in [0, 0.1) is 3.82 Å². The Kier molecular flexibility index (Phi) is 3.28. The zero-order valence-electron chi connectivity index (χ0n) is 11.4. The average molecular weight is 308 g/mol. The summed E-state index contributed by atoms with van der Waals surface area (Å²) in [5.41, 5.74) is 3.99. The molecule has 0 aliphatic carbocycles. The molecule has 0 amide bonds. The lowest BCUT2D eigenvalue weighted by molar-refractivity contribution is 0.484. The van der Waals surface area contributed by atoms with Gasteiger partial charge in [-0.25, -0.2) is 0 Å². The summed E-state index contributed by atoms with van der Waals surface area (Å²) in [5, 5.41) is 0. The summed E-state index contributed by atoms with van der Waals surface area (Å²) in [6.07, 6.45) is 1.16. The summed E-state index contributed by atoms with van der Waals surface area (Å²) in [6, 6.07) is 8.68. The lowest BCUT2D eigenvalue weighted by Crippen LogP contribution is -2.44. The molecule has 0 bridgehead atoms. The van der Waals surface area contributed by atoms with E-state index < -0.39 is 0 Å². The fourth-order valence-electron chi connectivity index (χ4n) is 2.86. The van der Waals surface area contributed by atoms with Crippen LogP contribution in [0.15, 0.2) is 24.3 Å². The van der Waals surface area contributed by atoms with Crippen LogP contribution in [0.2, 0.25) is 0 Å². The van der Waals surface area contributed by atoms with E-state index in [1.54, 1.807) is 10.3 Å². The maximum atomic E-state index is 5.56. The van der Waals surface area contributed by atoms with Gasteiger partial charge in [0.1, 0.15) is 3.82 Å². The Balaban J connectivity index is 2.33. The molecule has 0 spiro atoms. The van der Waals surface area contributed by atoms with Crippen LogP contribution in [0.5, 0.6) is 0 Å². The summed E-state index contributed by atoms with van der Waals surface area (Å²) >= 11 is 5.56. The van der Waals surface area contributed by atoms with Gasteiger partial charge in [0.25, 0.3) is 0 Å². The third kappa shape index (κ3) is 1.89. The average Bonchev–Trinajstić information content (AvgIpc) is 2.78. The minimum absolute atomic E-state index is 0.0396. The highest BCUT2D eigenvalue weighted by Crippen LogP contribution is 2.51. The van der Waals surface area contributed by atoms with Crippen molar-refractivity contribution in [1.29, 1.82) is 0 Å². The van der Waals surface area contributed by atoms with Crippen LogP contribution < -0.4 is 4.90 Å². The lowest BCUT2D eigenvalue weighted by atomic mass is 9.87. The highest BCUT2D eigenvalue weighted by molar-refractivity contribution is 7.80. The first-order valence-electron chi connectivity index (χ1n) is 6.58. The summed E-state index contributed by atoms with van der Waals surface area (Å²) in [4.78, 5) is 3.96. The van der Waals surface area contributed by atoms with Gasteiger partial charge in [0.15, 0.2) is 0 Å². The second-order valence-corrected chi connectivity index (χ2v) is 8.20. The number of nitrogens with zero attached hydrogens (tertiary/aromatic N) is 1. The van der Waals surface area contributed by atoms with Crippen molar-refractivity contribution in [2.45, 2.75) is 32.7 Å². The minimum Gasteiger partial charge on any atom is -0.361 e. The van der Waals surface area contributed by atoms with Crippen LogP contribution in [-0.2, 0) is 5.54 Å². The van der Waals surface area contributed by atoms with Crippen molar-refractivity contribution in [2.75, 3.05) is 11.4 Å². The number of hydrogen-bond acceptors (Lipinski definition) is 4. The van der Waals surface area contributed by atoms with Gasteiger partial charge < -0.3 is 4.90 Å². The quantitative estimate of drug-likeness (QED) is 0.519. The molecule has 19 heavy (non-hydrogen) atoms. The fourth-order valence-corrected chi connectivity index (χ4v) is 6.16. The molecule has 0 saturated carbocycles. The molecule has 1 nitrogen and oxygen atoms in total. The Morgan fingerprint density at radius 3 is 2.68 bits per heavy atom. The van der Waals surface area contributed by atoms with E-state index in [4.69, 9.17) is 12.2 Å². The normalized spacial score (nSPS) is 16.1. The van der Waals surface area contributed by atoms with Gasteiger partial charge in [-0.05, 0) is 26.3 Å². The molecule has 1 aliphatic heterocycles. The van der Waals surface area contributed by atoms with Crippen LogP contribution in [0.25, 0.3) is 11.1 Å². The Bertz CT molecular complexity index is 666. The molecule has 0 radical (unpaired) electrons. The maximum absolute atomic E-state index is 5.56. The predicted octanol–water partition coefficient (Wildman–Crippen LogP) is 5.67. The number of hydrogen-bond donors (Lipinski definition) is 0. The van der Waals surface area contributed by atoms with Crippen LogP contribution in [0.3, 0.4) is 0 Å². The molecule has 100 valence electrons. The fraction of sp³-hybridized carbons (Fsp3) is 0.400. The highest BCUT2D eigenvalue weighted by Gasteiger charge is 2.38. The van der Waals surface area contributed by atoms with Crippen LogP contribution >= 0.6 is 32.9 Å². The SMILES string of the molecule is CCCN1c2ccccc2-c2c(ssc2=S)C1(C)C. The molecule has 0 N–H and O–H groups in total. The van der Waals surface area contributed by atoms with Crippen molar-refractivity contribution < 1.29 is 0 Å². The topological polar surface area (TPSA) is 3.24 Å². The van der Waals surface area contributed by atoms with E-state index in [2.05, 4.69) is 49.9 Å². The van der Waals surface area contributed by atoms with E-state index in [-0.39, 0.29) is 5.54 Å². The van der Waals surface area contributed by atoms with Gasteiger partial charge in [-0.1, -0.05) is 58.0 Å². The lowest BCUT2D eigenvalue weighted by Gasteiger charge is -2.44. The van der Waals surface area contributed by atoms with Crippen molar-refractivity contribution in [3.05, 3.63) is 33.0 Å². The number of fused-ring (bicyclic) bond motifs is 3. The number of benzene rings is 1. The zero-order chi connectivity index (χ0) is 13.6. The second kappa shape index (κ2) is 4.69. The van der Waals surface area contributed by atoms with E-state index in [1.165, 1.54) is 21.7 Å². The highest BCUT2D eigenvalue weighted by atomic mass is 32.9.